The molecular formula is C17H15BrClNO. The Hall–Kier alpha value is -1.32. The van der Waals surface area contributed by atoms with Crippen LogP contribution in [0.1, 0.15) is 33.5 Å². The zero-order chi connectivity index (χ0) is 15.0. The van der Waals surface area contributed by atoms with E-state index in [1.807, 2.05) is 31.2 Å². The van der Waals surface area contributed by atoms with Crippen molar-refractivity contribution in [2.45, 2.75) is 24.6 Å². The van der Waals surface area contributed by atoms with Crippen LogP contribution in [0.4, 0.5) is 5.69 Å². The number of carbonyl (C=O) groups is 1. The quantitative estimate of drug-likeness (QED) is 0.745. The second-order valence-electron chi connectivity index (χ2n) is 5.34. The molecular weight excluding hydrogens is 350 g/mol. The zero-order valence-electron chi connectivity index (χ0n) is 11.6. The first-order valence-corrected chi connectivity index (χ1v) is 8.17. The smallest absolute Gasteiger partial charge is 0.224 e. The highest BCUT2D eigenvalue weighted by Crippen LogP contribution is 2.35. The standard InChI is InChI=1S/C17H15BrClNO/c1-10-2-3-13(9-14(10)19)17(18)12-4-6-15-11(8-12)5-7-16(21)20-15/h2-4,6,8-9,17H,5,7H2,1H3,(H,20,21). The average Bonchev–Trinajstić information content (AvgIpc) is 2.49. The van der Waals surface area contributed by atoms with Gasteiger partial charge in [-0.3, -0.25) is 4.79 Å². The van der Waals surface area contributed by atoms with Crippen LogP contribution >= 0.6 is 27.5 Å². The van der Waals surface area contributed by atoms with Crippen molar-refractivity contribution in [3.05, 3.63) is 63.7 Å². The number of amides is 1. The van der Waals surface area contributed by atoms with Gasteiger partial charge < -0.3 is 5.32 Å². The molecule has 0 aromatic heterocycles. The van der Waals surface area contributed by atoms with Gasteiger partial charge in [-0.2, -0.15) is 0 Å². The van der Waals surface area contributed by atoms with E-state index in [0.717, 1.165) is 28.3 Å². The number of anilines is 1. The number of benzene rings is 2. The molecule has 21 heavy (non-hydrogen) atoms. The van der Waals surface area contributed by atoms with Crippen LogP contribution in [0.5, 0.6) is 0 Å². The molecule has 0 aliphatic carbocycles. The first kappa shape index (κ1) is 14.6. The van der Waals surface area contributed by atoms with Gasteiger partial charge in [-0.25, -0.2) is 0 Å². The molecule has 1 amide bonds. The second-order valence-corrected chi connectivity index (χ2v) is 6.66. The lowest BCUT2D eigenvalue weighted by Crippen LogP contribution is -2.19. The number of fused-ring (bicyclic) bond motifs is 1. The predicted molar refractivity (Wildman–Crippen MR) is 90.4 cm³/mol. The minimum Gasteiger partial charge on any atom is -0.326 e. The van der Waals surface area contributed by atoms with E-state index in [4.69, 9.17) is 11.6 Å². The third-order valence-corrected chi connectivity index (χ3v) is 5.27. The molecule has 2 aromatic rings. The molecule has 0 saturated carbocycles. The number of hydrogen-bond acceptors (Lipinski definition) is 1. The fourth-order valence-electron chi connectivity index (χ4n) is 2.52. The minimum atomic E-state index is 0.0935. The fourth-order valence-corrected chi connectivity index (χ4v) is 3.28. The van der Waals surface area contributed by atoms with Gasteiger partial charge in [0, 0.05) is 17.1 Å². The summed E-state index contributed by atoms with van der Waals surface area (Å²) in [4.78, 5) is 11.5. The van der Waals surface area contributed by atoms with Gasteiger partial charge in [0.15, 0.2) is 0 Å². The van der Waals surface area contributed by atoms with E-state index in [1.165, 1.54) is 11.1 Å². The Balaban J connectivity index is 1.93. The van der Waals surface area contributed by atoms with Crippen molar-refractivity contribution in [2.75, 3.05) is 5.32 Å². The predicted octanol–water partition coefficient (Wildman–Crippen LogP) is 5.02. The van der Waals surface area contributed by atoms with Gasteiger partial charge in [0.1, 0.15) is 0 Å². The monoisotopic (exact) mass is 363 g/mol. The molecule has 108 valence electrons. The Morgan fingerprint density at radius 2 is 1.86 bits per heavy atom. The van der Waals surface area contributed by atoms with Crippen LogP contribution in [0, 0.1) is 6.92 Å². The highest BCUT2D eigenvalue weighted by molar-refractivity contribution is 9.09. The van der Waals surface area contributed by atoms with E-state index in [1.54, 1.807) is 0 Å². The first-order valence-electron chi connectivity index (χ1n) is 6.87. The van der Waals surface area contributed by atoms with E-state index in [2.05, 4.69) is 33.4 Å². The number of hydrogen-bond donors (Lipinski definition) is 1. The summed E-state index contributed by atoms with van der Waals surface area (Å²) in [5.41, 5.74) is 5.50. The largest absolute Gasteiger partial charge is 0.326 e. The van der Waals surface area contributed by atoms with E-state index in [-0.39, 0.29) is 10.7 Å². The molecule has 1 unspecified atom stereocenters. The van der Waals surface area contributed by atoms with Crippen LogP contribution in [0.25, 0.3) is 0 Å². The minimum absolute atomic E-state index is 0.0935. The van der Waals surface area contributed by atoms with Gasteiger partial charge in [-0.05, 0) is 47.7 Å². The van der Waals surface area contributed by atoms with Crippen molar-refractivity contribution >= 4 is 39.1 Å². The van der Waals surface area contributed by atoms with E-state index >= 15 is 0 Å². The molecule has 0 bridgehead atoms. The van der Waals surface area contributed by atoms with Crippen molar-refractivity contribution in [2.24, 2.45) is 0 Å². The normalized spacial score (nSPS) is 15.3. The summed E-state index contributed by atoms with van der Waals surface area (Å²) >= 11 is 9.96. The lowest BCUT2D eigenvalue weighted by atomic mass is 9.97. The Labute approximate surface area is 137 Å². The molecule has 0 fully saturated rings. The average molecular weight is 365 g/mol. The summed E-state index contributed by atoms with van der Waals surface area (Å²) in [6.07, 6.45) is 1.35. The maximum atomic E-state index is 11.4. The number of alkyl halides is 1. The summed E-state index contributed by atoms with van der Waals surface area (Å²) < 4.78 is 0. The molecule has 3 rings (SSSR count). The molecule has 2 aromatic carbocycles. The molecule has 1 N–H and O–H groups in total. The van der Waals surface area contributed by atoms with E-state index in [0.29, 0.717) is 6.42 Å². The van der Waals surface area contributed by atoms with Crippen molar-refractivity contribution in [1.29, 1.82) is 0 Å². The fraction of sp³-hybridized carbons (Fsp3) is 0.235. The van der Waals surface area contributed by atoms with E-state index < -0.39 is 0 Å². The number of halogens is 2. The summed E-state index contributed by atoms with van der Waals surface area (Å²) in [5.74, 6) is 0.0935. The lowest BCUT2D eigenvalue weighted by molar-refractivity contribution is -0.116. The zero-order valence-corrected chi connectivity index (χ0v) is 14.0. The maximum absolute atomic E-state index is 11.4. The summed E-state index contributed by atoms with van der Waals surface area (Å²) in [7, 11) is 0. The number of carbonyl (C=O) groups excluding carboxylic acids is 1. The molecule has 1 heterocycles. The van der Waals surface area contributed by atoms with Gasteiger partial charge in [-0.15, -0.1) is 0 Å². The molecule has 2 nitrogen and oxygen atoms in total. The Morgan fingerprint density at radius 1 is 1.14 bits per heavy atom. The van der Waals surface area contributed by atoms with Gasteiger partial charge in [-0.1, -0.05) is 51.8 Å². The van der Waals surface area contributed by atoms with Crippen molar-refractivity contribution < 1.29 is 4.79 Å². The van der Waals surface area contributed by atoms with Crippen molar-refractivity contribution in [3.63, 3.8) is 0 Å². The molecule has 1 aliphatic heterocycles. The SMILES string of the molecule is Cc1ccc(C(Br)c2ccc3c(c2)CCC(=O)N3)cc1Cl. The van der Waals surface area contributed by atoms with Gasteiger partial charge in [0.25, 0.3) is 0 Å². The van der Waals surface area contributed by atoms with Crippen molar-refractivity contribution in [3.8, 4) is 0 Å². The highest BCUT2D eigenvalue weighted by atomic mass is 79.9. The number of aryl methyl sites for hydroxylation is 2. The molecule has 0 radical (unpaired) electrons. The third-order valence-electron chi connectivity index (χ3n) is 3.81. The lowest BCUT2D eigenvalue weighted by Gasteiger charge is -2.19. The van der Waals surface area contributed by atoms with Crippen LogP contribution in [-0.4, -0.2) is 5.91 Å². The van der Waals surface area contributed by atoms with E-state index in [9.17, 15) is 4.79 Å². The van der Waals surface area contributed by atoms with Crippen LogP contribution in [0.2, 0.25) is 5.02 Å². The molecule has 4 heteroatoms. The van der Waals surface area contributed by atoms with Crippen molar-refractivity contribution in [1.82, 2.24) is 0 Å². The summed E-state index contributed by atoms with van der Waals surface area (Å²) in [6.45, 7) is 2.00. The molecule has 1 atom stereocenters. The highest BCUT2D eigenvalue weighted by Gasteiger charge is 2.18. The van der Waals surface area contributed by atoms with Crippen LogP contribution < -0.4 is 5.32 Å². The Kier molecular flexibility index (Phi) is 4.05. The maximum Gasteiger partial charge on any atom is 0.224 e. The first-order chi connectivity index (χ1) is 10.0. The van der Waals surface area contributed by atoms with Crippen LogP contribution in [-0.2, 0) is 11.2 Å². The van der Waals surface area contributed by atoms with Gasteiger partial charge in [0.2, 0.25) is 5.91 Å². The van der Waals surface area contributed by atoms with Gasteiger partial charge in [0.05, 0.1) is 4.83 Å². The number of nitrogens with one attached hydrogen (secondary N) is 1. The van der Waals surface area contributed by atoms with Crippen LogP contribution in [0.3, 0.4) is 0 Å². The topological polar surface area (TPSA) is 29.1 Å². The number of rotatable bonds is 2. The summed E-state index contributed by atoms with van der Waals surface area (Å²) in [5, 5.41) is 3.69. The second kappa shape index (κ2) is 5.82. The molecule has 1 aliphatic rings. The Bertz CT molecular complexity index is 714. The Morgan fingerprint density at radius 3 is 2.62 bits per heavy atom. The van der Waals surface area contributed by atoms with Crippen LogP contribution in [0.15, 0.2) is 36.4 Å². The van der Waals surface area contributed by atoms with Gasteiger partial charge >= 0.3 is 0 Å². The third kappa shape index (κ3) is 2.99. The summed E-state index contributed by atoms with van der Waals surface area (Å²) in [6, 6.07) is 12.3. The molecule has 0 saturated heterocycles. The molecule has 0 spiro atoms.